The molecule has 0 aliphatic carbocycles. The Hall–Kier alpha value is -2.76. The molecule has 20 heavy (non-hydrogen) atoms. The highest BCUT2D eigenvalue weighted by molar-refractivity contribution is 5.80. The van der Waals surface area contributed by atoms with Crippen molar-refractivity contribution < 1.29 is 9.90 Å². The maximum atomic E-state index is 10.8. The minimum absolute atomic E-state index is 0.0475. The Morgan fingerprint density at radius 1 is 1.20 bits per heavy atom. The minimum atomic E-state index is -0.832. The summed E-state index contributed by atoms with van der Waals surface area (Å²) in [7, 11) is 0. The second kappa shape index (κ2) is 5.08. The van der Waals surface area contributed by atoms with Gasteiger partial charge in [-0.15, -0.1) is 0 Å². The van der Waals surface area contributed by atoms with Gasteiger partial charge in [-0.1, -0.05) is 12.1 Å². The number of aryl methyl sites for hydroxylation is 1. The summed E-state index contributed by atoms with van der Waals surface area (Å²) in [5, 5.41) is 16.5. The molecule has 0 saturated heterocycles. The van der Waals surface area contributed by atoms with E-state index in [1.165, 1.54) is 0 Å². The Balaban J connectivity index is 2.15. The zero-order valence-corrected chi connectivity index (χ0v) is 10.6. The van der Waals surface area contributed by atoms with E-state index in [-0.39, 0.29) is 6.42 Å². The van der Waals surface area contributed by atoms with Crippen LogP contribution in [-0.4, -0.2) is 30.8 Å². The van der Waals surface area contributed by atoms with Gasteiger partial charge in [0.25, 0.3) is 0 Å². The molecule has 0 radical (unpaired) electrons. The second-order valence-electron chi connectivity index (χ2n) is 4.35. The molecule has 3 aromatic rings. The topological polar surface area (TPSA) is 80.9 Å². The van der Waals surface area contributed by atoms with Crippen molar-refractivity contribution in [2.45, 2.75) is 13.0 Å². The summed E-state index contributed by atoms with van der Waals surface area (Å²) in [5.41, 5.74) is 2.58. The number of carbonyl (C=O) groups is 1. The Morgan fingerprint density at radius 2 is 2.05 bits per heavy atom. The van der Waals surface area contributed by atoms with Gasteiger partial charge in [0.2, 0.25) is 0 Å². The molecular weight excluding hydrogens is 256 g/mol. The summed E-state index contributed by atoms with van der Waals surface area (Å²) in [4.78, 5) is 15.4. The monoisotopic (exact) mass is 268 g/mol. The van der Waals surface area contributed by atoms with Crippen LogP contribution < -0.4 is 0 Å². The number of imidazole rings is 1. The fraction of sp³-hybridized carbons (Fsp3) is 0.143. The van der Waals surface area contributed by atoms with Crippen molar-refractivity contribution in [2.24, 2.45) is 0 Å². The number of fused-ring (bicyclic) bond motifs is 1. The number of hydrogen-bond donors (Lipinski definition) is 1. The van der Waals surface area contributed by atoms with Crippen LogP contribution in [0, 0.1) is 0 Å². The molecule has 0 spiro atoms. The van der Waals surface area contributed by atoms with E-state index in [1.807, 2.05) is 34.9 Å². The molecule has 3 rings (SSSR count). The molecule has 100 valence electrons. The molecule has 0 unspecified atom stereocenters. The zero-order chi connectivity index (χ0) is 13.9. The Labute approximate surface area is 114 Å². The second-order valence-corrected chi connectivity index (χ2v) is 4.35. The first-order chi connectivity index (χ1) is 9.75. The first-order valence-electron chi connectivity index (χ1n) is 6.20. The maximum Gasteiger partial charge on any atom is 0.305 e. The third-order valence-electron chi connectivity index (χ3n) is 3.05. The molecule has 0 saturated carbocycles. The lowest BCUT2D eigenvalue weighted by Crippen LogP contribution is -2.06. The van der Waals surface area contributed by atoms with Gasteiger partial charge in [0, 0.05) is 12.1 Å². The third kappa shape index (κ3) is 2.23. The molecule has 0 atom stereocenters. The molecule has 1 aromatic carbocycles. The quantitative estimate of drug-likeness (QED) is 0.782. The number of nitrogens with zero attached hydrogens (tertiary/aromatic N) is 4. The van der Waals surface area contributed by atoms with Gasteiger partial charge >= 0.3 is 5.97 Å². The van der Waals surface area contributed by atoms with Crippen molar-refractivity contribution in [3.05, 3.63) is 42.7 Å². The number of aromatic nitrogens is 4. The van der Waals surface area contributed by atoms with Crippen molar-refractivity contribution in [1.82, 2.24) is 19.7 Å². The van der Waals surface area contributed by atoms with Gasteiger partial charge in [-0.25, -0.2) is 4.98 Å². The molecule has 0 aliphatic heterocycles. The lowest BCUT2D eigenvalue weighted by molar-refractivity contribution is -0.137. The Bertz CT molecular complexity index is 752. The van der Waals surface area contributed by atoms with E-state index in [0.717, 1.165) is 16.6 Å². The number of carboxylic acid groups (broad SMARTS) is 1. The average Bonchev–Trinajstić information content (AvgIpc) is 2.84. The fourth-order valence-electron chi connectivity index (χ4n) is 2.15. The van der Waals surface area contributed by atoms with Crippen LogP contribution in [0.2, 0.25) is 0 Å². The highest BCUT2D eigenvalue weighted by Crippen LogP contribution is 2.24. The first kappa shape index (κ1) is 12.3. The van der Waals surface area contributed by atoms with Crippen LogP contribution in [0.4, 0.5) is 0 Å². The van der Waals surface area contributed by atoms with E-state index < -0.39 is 5.97 Å². The maximum absolute atomic E-state index is 10.8. The number of para-hydroxylation sites is 2. The largest absolute Gasteiger partial charge is 0.481 e. The minimum Gasteiger partial charge on any atom is -0.481 e. The number of rotatable bonds is 4. The molecule has 1 N–H and O–H groups in total. The molecule has 6 nitrogen and oxygen atoms in total. The summed E-state index contributed by atoms with van der Waals surface area (Å²) in [6, 6.07) is 9.47. The van der Waals surface area contributed by atoms with Gasteiger partial charge in [0.15, 0.2) is 0 Å². The SMILES string of the molecule is O=C(O)CCn1c(-c2ccnnc2)nc2ccccc21. The lowest BCUT2D eigenvalue weighted by Gasteiger charge is -2.07. The summed E-state index contributed by atoms with van der Waals surface area (Å²) >= 11 is 0. The highest BCUT2D eigenvalue weighted by atomic mass is 16.4. The van der Waals surface area contributed by atoms with Gasteiger partial charge in [-0.05, 0) is 18.2 Å². The van der Waals surface area contributed by atoms with Crippen molar-refractivity contribution in [2.75, 3.05) is 0 Å². The van der Waals surface area contributed by atoms with Crippen molar-refractivity contribution in [1.29, 1.82) is 0 Å². The molecule has 2 heterocycles. The van der Waals surface area contributed by atoms with Crippen molar-refractivity contribution in [3.63, 3.8) is 0 Å². The predicted molar refractivity (Wildman–Crippen MR) is 73.0 cm³/mol. The van der Waals surface area contributed by atoms with E-state index in [1.54, 1.807) is 12.4 Å². The number of aliphatic carboxylic acids is 1. The van der Waals surface area contributed by atoms with Crippen LogP contribution in [0.15, 0.2) is 42.7 Å². The predicted octanol–water partition coefficient (Wildman–Crippen LogP) is 1.97. The van der Waals surface area contributed by atoms with E-state index >= 15 is 0 Å². The van der Waals surface area contributed by atoms with E-state index in [0.29, 0.717) is 12.4 Å². The standard InChI is InChI=1S/C14H12N4O2/c19-13(20)6-8-18-12-4-2-1-3-11(12)17-14(18)10-5-7-15-16-9-10/h1-5,7,9H,6,8H2,(H,19,20). The van der Waals surface area contributed by atoms with Crippen molar-refractivity contribution in [3.8, 4) is 11.4 Å². The van der Waals surface area contributed by atoms with Gasteiger partial charge in [0.05, 0.1) is 29.8 Å². The summed E-state index contributed by atoms with van der Waals surface area (Å²) < 4.78 is 1.90. The van der Waals surface area contributed by atoms with Gasteiger partial charge in [-0.3, -0.25) is 4.79 Å². The Morgan fingerprint density at radius 3 is 2.80 bits per heavy atom. The molecular formula is C14H12N4O2. The average molecular weight is 268 g/mol. The zero-order valence-electron chi connectivity index (χ0n) is 10.6. The molecule has 0 fully saturated rings. The Kier molecular flexibility index (Phi) is 3.12. The smallest absolute Gasteiger partial charge is 0.305 e. The molecule has 0 aliphatic rings. The molecule has 6 heteroatoms. The van der Waals surface area contributed by atoms with Gasteiger partial charge in [-0.2, -0.15) is 10.2 Å². The number of hydrogen-bond acceptors (Lipinski definition) is 4. The summed E-state index contributed by atoms with van der Waals surface area (Å²) in [5.74, 6) is -0.121. The third-order valence-corrected chi connectivity index (χ3v) is 3.05. The lowest BCUT2D eigenvalue weighted by atomic mass is 10.3. The van der Waals surface area contributed by atoms with Crippen molar-refractivity contribution >= 4 is 17.0 Å². The van der Waals surface area contributed by atoms with E-state index in [2.05, 4.69) is 15.2 Å². The van der Waals surface area contributed by atoms with Crippen LogP contribution in [-0.2, 0) is 11.3 Å². The highest BCUT2D eigenvalue weighted by Gasteiger charge is 2.13. The first-order valence-corrected chi connectivity index (χ1v) is 6.20. The van der Waals surface area contributed by atoms with Crippen LogP contribution in [0.1, 0.15) is 6.42 Å². The summed E-state index contributed by atoms with van der Waals surface area (Å²) in [6.07, 6.45) is 3.26. The van der Waals surface area contributed by atoms with Crippen LogP contribution in [0.25, 0.3) is 22.4 Å². The van der Waals surface area contributed by atoms with Crippen LogP contribution in [0.3, 0.4) is 0 Å². The molecule has 2 aromatic heterocycles. The van der Waals surface area contributed by atoms with Gasteiger partial charge in [0.1, 0.15) is 5.82 Å². The fourth-order valence-corrected chi connectivity index (χ4v) is 2.15. The molecule has 0 bridgehead atoms. The van der Waals surface area contributed by atoms with E-state index in [4.69, 9.17) is 5.11 Å². The van der Waals surface area contributed by atoms with Gasteiger partial charge < -0.3 is 9.67 Å². The van der Waals surface area contributed by atoms with E-state index in [9.17, 15) is 4.79 Å². The number of carboxylic acids is 1. The number of benzene rings is 1. The summed E-state index contributed by atoms with van der Waals surface area (Å²) in [6.45, 7) is 0.369. The normalized spacial score (nSPS) is 10.8. The van der Waals surface area contributed by atoms with Crippen LogP contribution in [0.5, 0.6) is 0 Å². The van der Waals surface area contributed by atoms with Crippen LogP contribution >= 0.6 is 0 Å². The molecule has 0 amide bonds.